The van der Waals surface area contributed by atoms with Gasteiger partial charge < -0.3 is 15.2 Å². The summed E-state index contributed by atoms with van der Waals surface area (Å²) in [4.78, 5) is 0. The molecule has 0 fully saturated rings. The minimum absolute atomic E-state index is 0.525. The fraction of sp³-hybridized carbons (Fsp3) is 0.167. The van der Waals surface area contributed by atoms with E-state index in [1.807, 2.05) is 37.3 Å². The average Bonchev–Trinajstić information content (AvgIpc) is 2.98. The van der Waals surface area contributed by atoms with Crippen LogP contribution in [0.3, 0.4) is 0 Å². The lowest BCUT2D eigenvalue weighted by molar-refractivity contribution is 0.315. The summed E-state index contributed by atoms with van der Waals surface area (Å²) in [7, 11) is 0. The second-order valence-electron chi connectivity index (χ2n) is 10.7. The van der Waals surface area contributed by atoms with E-state index in [1.165, 1.54) is 32.7 Å². The molecule has 6 aromatic rings. The largest absolute Gasteiger partial charge is 0.493 e. The number of fused-ring (bicyclic) bond motifs is 6. The maximum atomic E-state index is 7.28. The van der Waals surface area contributed by atoms with Gasteiger partial charge in [0.05, 0.1) is 11.6 Å². The van der Waals surface area contributed by atoms with E-state index in [1.54, 1.807) is 0 Å². The predicted octanol–water partition coefficient (Wildman–Crippen LogP) is 9.33. The molecule has 0 bridgehead atoms. The van der Waals surface area contributed by atoms with E-state index in [2.05, 4.69) is 72.8 Å². The van der Waals surface area contributed by atoms with E-state index in [9.17, 15) is 0 Å². The van der Waals surface area contributed by atoms with Crippen molar-refractivity contribution in [3.05, 3.63) is 125 Å². The van der Waals surface area contributed by atoms with Crippen molar-refractivity contribution in [2.45, 2.75) is 31.7 Å². The van der Waals surface area contributed by atoms with Crippen molar-refractivity contribution in [1.29, 1.82) is 0 Å². The van der Waals surface area contributed by atoms with Crippen LogP contribution in [0.4, 0.5) is 0 Å². The molecule has 0 heterocycles. The lowest BCUT2D eigenvalue weighted by atomic mass is 9.72. The summed E-state index contributed by atoms with van der Waals surface area (Å²) >= 11 is 6.47. The van der Waals surface area contributed by atoms with Crippen molar-refractivity contribution in [2.24, 2.45) is 5.73 Å². The Bertz CT molecular complexity index is 1910. The van der Waals surface area contributed by atoms with Gasteiger partial charge in [0.15, 0.2) is 0 Å². The number of para-hydroxylation sites is 1. The smallest absolute Gasteiger partial charge is 0.146 e. The van der Waals surface area contributed by atoms with E-state index in [0.29, 0.717) is 17.4 Å². The Hall–Kier alpha value is -4.05. The van der Waals surface area contributed by atoms with Crippen molar-refractivity contribution in [3.63, 3.8) is 0 Å². The summed E-state index contributed by atoms with van der Waals surface area (Å²) in [5.74, 6) is 2.37. The minimum atomic E-state index is -0.525. The molecule has 2 N–H and O–H groups in total. The van der Waals surface area contributed by atoms with Gasteiger partial charge in [0.25, 0.3) is 0 Å². The van der Waals surface area contributed by atoms with Gasteiger partial charge >= 0.3 is 0 Å². The molecule has 6 aromatic carbocycles. The van der Waals surface area contributed by atoms with Crippen LogP contribution in [-0.2, 0) is 18.4 Å². The third-order valence-electron chi connectivity index (χ3n) is 8.30. The van der Waals surface area contributed by atoms with E-state index in [-0.39, 0.29) is 0 Å². The van der Waals surface area contributed by atoms with Crippen molar-refractivity contribution in [1.82, 2.24) is 0 Å². The second kappa shape index (κ2) is 9.85. The van der Waals surface area contributed by atoms with E-state index in [0.717, 1.165) is 47.1 Å². The van der Waals surface area contributed by atoms with Gasteiger partial charge in [0.1, 0.15) is 17.2 Å². The summed E-state index contributed by atoms with van der Waals surface area (Å²) < 4.78 is 12.7. The molecule has 7 rings (SSSR count). The molecule has 0 amide bonds. The van der Waals surface area contributed by atoms with Crippen LogP contribution < -0.4 is 15.2 Å². The molecule has 3 nitrogen and oxygen atoms in total. The zero-order valence-corrected chi connectivity index (χ0v) is 23.2. The topological polar surface area (TPSA) is 44.5 Å². The highest BCUT2D eigenvalue weighted by Crippen LogP contribution is 2.45. The summed E-state index contributed by atoms with van der Waals surface area (Å²) in [6.45, 7) is 2.63. The Kier molecular flexibility index (Phi) is 6.14. The average molecular weight is 544 g/mol. The molecular weight excluding hydrogens is 514 g/mol. The van der Waals surface area contributed by atoms with Gasteiger partial charge in [-0.25, -0.2) is 0 Å². The Morgan fingerprint density at radius 1 is 0.750 bits per heavy atom. The number of rotatable bonds is 5. The molecule has 1 aliphatic carbocycles. The standard InChI is InChI=1S/C36H30ClNO2/c1-2-39-35-26-10-4-3-9-23(26)16-18-31(35)36(38)20-19-25-24(22-36)15-17-28-27-11-5-6-12-29(27)34(21-30(25)28)40-33-14-8-7-13-32(33)37/h3-18,21H,2,19-20,22,38H2,1H3. The number of ether oxygens (including phenoxy) is 2. The third-order valence-corrected chi connectivity index (χ3v) is 8.61. The second-order valence-corrected chi connectivity index (χ2v) is 11.1. The fourth-order valence-corrected chi connectivity index (χ4v) is 6.56. The maximum Gasteiger partial charge on any atom is 0.146 e. The number of hydrogen-bond acceptors (Lipinski definition) is 3. The van der Waals surface area contributed by atoms with Gasteiger partial charge in [-0.1, -0.05) is 96.5 Å². The van der Waals surface area contributed by atoms with E-state index >= 15 is 0 Å². The van der Waals surface area contributed by atoms with Crippen LogP contribution in [-0.4, -0.2) is 6.61 Å². The first-order chi connectivity index (χ1) is 19.6. The van der Waals surface area contributed by atoms with Crippen LogP contribution in [0.5, 0.6) is 17.2 Å². The van der Waals surface area contributed by atoms with Crippen molar-refractivity contribution < 1.29 is 9.47 Å². The van der Waals surface area contributed by atoms with Crippen molar-refractivity contribution >= 4 is 43.9 Å². The van der Waals surface area contributed by atoms with Crippen LogP contribution in [0.15, 0.2) is 103 Å². The van der Waals surface area contributed by atoms with Gasteiger partial charge in [-0.05, 0) is 77.1 Å². The van der Waals surface area contributed by atoms with E-state index in [4.69, 9.17) is 26.8 Å². The molecule has 0 saturated heterocycles. The zero-order chi connectivity index (χ0) is 27.3. The normalized spacial score (nSPS) is 16.8. The predicted molar refractivity (Wildman–Crippen MR) is 166 cm³/mol. The molecule has 4 heteroatoms. The number of halogens is 1. The van der Waals surface area contributed by atoms with Crippen LogP contribution >= 0.6 is 11.6 Å². The fourth-order valence-electron chi connectivity index (χ4n) is 6.38. The Balaban J connectivity index is 1.36. The molecule has 0 spiro atoms. The van der Waals surface area contributed by atoms with E-state index < -0.39 is 5.54 Å². The van der Waals surface area contributed by atoms with Gasteiger partial charge in [0, 0.05) is 21.9 Å². The highest BCUT2D eigenvalue weighted by molar-refractivity contribution is 6.32. The van der Waals surface area contributed by atoms with Crippen LogP contribution in [0.2, 0.25) is 5.02 Å². The Morgan fingerprint density at radius 2 is 1.48 bits per heavy atom. The summed E-state index contributed by atoms with van der Waals surface area (Å²) in [5.41, 5.74) is 10.5. The SMILES string of the molecule is CCOc1c(C2(N)CCc3c(ccc4c3cc(Oc3ccccc3Cl)c3ccccc34)C2)ccc2ccccc12. The molecule has 0 saturated carbocycles. The van der Waals surface area contributed by atoms with Crippen LogP contribution in [0, 0.1) is 0 Å². The third kappa shape index (κ3) is 4.09. The highest BCUT2D eigenvalue weighted by atomic mass is 35.5. The Labute approximate surface area is 239 Å². The Morgan fingerprint density at radius 3 is 2.30 bits per heavy atom. The number of hydrogen-bond donors (Lipinski definition) is 1. The summed E-state index contributed by atoms with van der Waals surface area (Å²) in [6.07, 6.45) is 2.43. The summed E-state index contributed by atoms with van der Waals surface area (Å²) in [6, 6.07) is 35.4. The van der Waals surface area contributed by atoms with Gasteiger partial charge in [-0.15, -0.1) is 0 Å². The summed E-state index contributed by atoms with van der Waals surface area (Å²) in [5, 5.41) is 7.55. The molecule has 1 aliphatic rings. The van der Waals surface area contributed by atoms with Gasteiger partial charge in [-0.2, -0.15) is 0 Å². The molecule has 40 heavy (non-hydrogen) atoms. The lowest BCUT2D eigenvalue weighted by Gasteiger charge is -2.37. The van der Waals surface area contributed by atoms with Gasteiger partial charge in [0.2, 0.25) is 0 Å². The molecular formula is C36H30ClNO2. The van der Waals surface area contributed by atoms with Crippen LogP contribution in [0.25, 0.3) is 32.3 Å². The van der Waals surface area contributed by atoms with Gasteiger partial charge in [-0.3, -0.25) is 0 Å². The first-order valence-corrected chi connectivity index (χ1v) is 14.3. The highest BCUT2D eigenvalue weighted by Gasteiger charge is 2.36. The molecule has 0 radical (unpaired) electrons. The zero-order valence-electron chi connectivity index (χ0n) is 22.4. The molecule has 0 aromatic heterocycles. The first kappa shape index (κ1) is 25.0. The molecule has 0 aliphatic heterocycles. The monoisotopic (exact) mass is 543 g/mol. The minimum Gasteiger partial charge on any atom is -0.493 e. The molecule has 1 unspecified atom stereocenters. The van der Waals surface area contributed by atoms with Crippen LogP contribution in [0.1, 0.15) is 30.0 Å². The molecule has 1 atom stereocenters. The quantitative estimate of drug-likeness (QED) is 0.220. The number of benzene rings is 6. The van der Waals surface area contributed by atoms with Crippen molar-refractivity contribution in [3.8, 4) is 17.2 Å². The first-order valence-electron chi connectivity index (χ1n) is 13.9. The van der Waals surface area contributed by atoms with Crippen molar-refractivity contribution in [2.75, 3.05) is 6.61 Å². The lowest BCUT2D eigenvalue weighted by Crippen LogP contribution is -2.42. The maximum absolute atomic E-state index is 7.28. The molecule has 198 valence electrons. The number of aryl methyl sites for hydroxylation is 1. The number of nitrogens with two attached hydrogens (primary N) is 1.